The Morgan fingerprint density at radius 3 is 2.76 bits per heavy atom. The van der Waals surface area contributed by atoms with E-state index in [1.165, 1.54) is 19.3 Å². The van der Waals surface area contributed by atoms with Gasteiger partial charge in [-0.15, -0.1) is 0 Å². The van der Waals surface area contributed by atoms with Gasteiger partial charge in [-0.05, 0) is 25.0 Å². The molecule has 0 atom stereocenters. The second-order valence-corrected chi connectivity index (χ2v) is 7.95. The van der Waals surface area contributed by atoms with Gasteiger partial charge in [0.05, 0.1) is 16.3 Å². The van der Waals surface area contributed by atoms with Crippen molar-refractivity contribution < 1.29 is 17.3 Å². The Morgan fingerprint density at radius 1 is 1.28 bits per heavy atom. The predicted molar refractivity (Wildman–Crippen MR) is 94.4 cm³/mol. The summed E-state index contributed by atoms with van der Waals surface area (Å²) in [6.07, 6.45) is 6.45. The number of aryl methyl sites for hydroxylation is 1. The largest absolute Gasteiger partial charge is 0.466 e. The van der Waals surface area contributed by atoms with Crippen LogP contribution in [-0.4, -0.2) is 28.2 Å². The molecule has 1 aromatic carbocycles. The minimum Gasteiger partial charge on any atom is -0.327 e. The van der Waals surface area contributed by atoms with Crippen molar-refractivity contribution in [2.75, 3.05) is 0 Å². The maximum absolute atomic E-state index is 10.8. The van der Waals surface area contributed by atoms with Crippen molar-refractivity contribution in [1.82, 2.24) is 9.55 Å². The molecule has 7 nitrogen and oxygen atoms in total. The standard InChI is InChI=1S/C16H18ClN3O4S/c17-12-7-6-11-13(19-24-25(21,22)23)8-9-20-15(11)14(12)18-16(20)10-4-2-1-3-5-10/h6-7,10H,1-5,8-9H2,(H,21,22,23)/b19-13-. The van der Waals surface area contributed by atoms with Crippen LogP contribution in [0.4, 0.5) is 0 Å². The van der Waals surface area contributed by atoms with Gasteiger partial charge in [0, 0.05) is 24.4 Å². The van der Waals surface area contributed by atoms with E-state index >= 15 is 0 Å². The van der Waals surface area contributed by atoms with Crippen molar-refractivity contribution >= 4 is 38.7 Å². The first-order valence-electron chi connectivity index (χ1n) is 8.36. The van der Waals surface area contributed by atoms with Crippen molar-refractivity contribution in [2.24, 2.45) is 5.16 Å². The molecule has 0 bridgehead atoms. The highest BCUT2D eigenvalue weighted by Gasteiger charge is 2.28. The third-order valence-electron chi connectivity index (χ3n) is 4.97. The number of imidazole rings is 1. The molecule has 4 rings (SSSR count). The molecule has 1 aromatic heterocycles. The summed E-state index contributed by atoms with van der Waals surface area (Å²) in [6, 6.07) is 3.52. The van der Waals surface area contributed by atoms with Crippen molar-refractivity contribution in [2.45, 2.75) is 51.0 Å². The molecule has 1 saturated carbocycles. The van der Waals surface area contributed by atoms with Gasteiger partial charge in [-0.25, -0.2) is 9.27 Å². The van der Waals surface area contributed by atoms with Gasteiger partial charge in [-0.1, -0.05) is 36.0 Å². The van der Waals surface area contributed by atoms with E-state index in [1.54, 1.807) is 12.1 Å². The summed E-state index contributed by atoms with van der Waals surface area (Å²) in [7, 11) is -4.63. The molecule has 25 heavy (non-hydrogen) atoms. The van der Waals surface area contributed by atoms with Gasteiger partial charge >= 0.3 is 10.4 Å². The quantitative estimate of drug-likeness (QED) is 0.644. The highest BCUT2D eigenvalue weighted by atomic mass is 35.5. The zero-order chi connectivity index (χ0) is 17.6. The normalized spacial score (nSPS) is 20.3. The average molecular weight is 384 g/mol. The zero-order valence-electron chi connectivity index (χ0n) is 13.5. The topological polar surface area (TPSA) is 93.8 Å². The first-order chi connectivity index (χ1) is 11.9. The lowest BCUT2D eigenvalue weighted by atomic mass is 9.88. The summed E-state index contributed by atoms with van der Waals surface area (Å²) < 4.78 is 36.8. The Morgan fingerprint density at radius 2 is 2.04 bits per heavy atom. The van der Waals surface area contributed by atoms with Crippen LogP contribution < -0.4 is 0 Å². The Labute approximate surface area is 150 Å². The molecule has 1 N–H and O–H groups in total. The summed E-state index contributed by atoms with van der Waals surface area (Å²) >= 11 is 6.35. The van der Waals surface area contributed by atoms with Crippen LogP contribution in [0.3, 0.4) is 0 Å². The molecular weight excluding hydrogens is 366 g/mol. The highest BCUT2D eigenvalue weighted by Crippen LogP contribution is 2.38. The number of rotatable bonds is 3. The molecule has 2 aliphatic rings. The van der Waals surface area contributed by atoms with Gasteiger partial charge < -0.3 is 4.57 Å². The van der Waals surface area contributed by atoms with Crippen molar-refractivity contribution in [3.05, 3.63) is 28.5 Å². The molecular formula is C16H18ClN3O4S. The molecule has 0 spiro atoms. The second kappa shape index (κ2) is 6.26. The van der Waals surface area contributed by atoms with E-state index in [-0.39, 0.29) is 0 Å². The number of oxime groups is 1. The molecule has 1 aliphatic heterocycles. The van der Waals surface area contributed by atoms with Crippen molar-refractivity contribution in [1.29, 1.82) is 0 Å². The van der Waals surface area contributed by atoms with Gasteiger partial charge in [0.25, 0.3) is 0 Å². The van der Waals surface area contributed by atoms with E-state index in [1.807, 2.05) is 0 Å². The number of hydrogen-bond donors (Lipinski definition) is 1. The molecule has 2 aromatic rings. The third-order valence-corrected chi connectivity index (χ3v) is 5.54. The van der Waals surface area contributed by atoms with Crippen LogP contribution in [0.2, 0.25) is 5.02 Å². The van der Waals surface area contributed by atoms with Crippen LogP contribution >= 0.6 is 11.6 Å². The summed E-state index contributed by atoms with van der Waals surface area (Å²) in [4.78, 5) is 4.82. The minimum atomic E-state index is -4.63. The molecule has 2 heterocycles. The van der Waals surface area contributed by atoms with Crippen molar-refractivity contribution in [3.63, 3.8) is 0 Å². The first kappa shape index (κ1) is 16.8. The summed E-state index contributed by atoms with van der Waals surface area (Å²) in [5, 5.41) is 4.19. The number of halogens is 1. The third kappa shape index (κ3) is 3.14. The van der Waals surface area contributed by atoms with E-state index < -0.39 is 10.4 Å². The predicted octanol–water partition coefficient (Wildman–Crippen LogP) is 3.66. The summed E-state index contributed by atoms with van der Waals surface area (Å²) in [5.74, 6) is 1.48. The molecule has 1 fully saturated rings. The van der Waals surface area contributed by atoms with E-state index in [0.29, 0.717) is 35.1 Å². The van der Waals surface area contributed by atoms with Crippen LogP contribution in [0, 0.1) is 0 Å². The smallest absolute Gasteiger partial charge is 0.327 e. The fraction of sp³-hybridized carbons (Fsp3) is 0.500. The SMILES string of the molecule is O=S(=O)(O)O/N=C1/CCn2c(C3CCCCC3)nc3c(Cl)ccc1c32. The fourth-order valence-corrected chi connectivity index (χ4v) is 4.27. The van der Waals surface area contributed by atoms with Gasteiger partial charge in [0.2, 0.25) is 0 Å². The number of benzene rings is 1. The molecule has 0 amide bonds. The van der Waals surface area contributed by atoms with Crippen LogP contribution in [0.5, 0.6) is 0 Å². The van der Waals surface area contributed by atoms with Crippen LogP contribution in [0.15, 0.2) is 17.3 Å². The van der Waals surface area contributed by atoms with E-state index in [2.05, 4.69) is 14.0 Å². The Bertz CT molecular complexity index is 961. The van der Waals surface area contributed by atoms with Crippen LogP contribution in [0.25, 0.3) is 11.0 Å². The number of hydrogen-bond acceptors (Lipinski definition) is 5. The lowest BCUT2D eigenvalue weighted by molar-refractivity contribution is 0.281. The molecule has 9 heteroatoms. The maximum Gasteiger partial charge on any atom is 0.466 e. The van der Waals surface area contributed by atoms with Gasteiger partial charge in [0.15, 0.2) is 0 Å². The Kier molecular flexibility index (Phi) is 4.21. The van der Waals surface area contributed by atoms with E-state index in [4.69, 9.17) is 21.1 Å². The van der Waals surface area contributed by atoms with Crippen molar-refractivity contribution in [3.8, 4) is 0 Å². The van der Waals surface area contributed by atoms with Crippen LogP contribution in [-0.2, 0) is 21.2 Å². The molecule has 0 saturated heterocycles. The molecule has 1 aliphatic carbocycles. The minimum absolute atomic E-state index is 0.428. The summed E-state index contributed by atoms with van der Waals surface area (Å²) in [6.45, 7) is 0.628. The molecule has 0 radical (unpaired) electrons. The average Bonchev–Trinajstić information content (AvgIpc) is 2.98. The zero-order valence-corrected chi connectivity index (χ0v) is 15.1. The fourth-order valence-electron chi connectivity index (χ4n) is 3.90. The van der Waals surface area contributed by atoms with E-state index in [9.17, 15) is 8.42 Å². The maximum atomic E-state index is 10.8. The van der Waals surface area contributed by atoms with Crippen LogP contribution in [0.1, 0.15) is 55.8 Å². The summed E-state index contributed by atoms with van der Waals surface area (Å²) in [5.41, 5.74) is 2.77. The lowest BCUT2D eigenvalue weighted by Gasteiger charge is -2.24. The number of nitrogens with zero attached hydrogens (tertiary/aromatic N) is 3. The molecule has 0 unspecified atom stereocenters. The Balaban J connectivity index is 1.84. The first-order valence-corrected chi connectivity index (χ1v) is 10.1. The molecule has 134 valence electrons. The van der Waals surface area contributed by atoms with E-state index in [0.717, 1.165) is 29.7 Å². The lowest BCUT2D eigenvalue weighted by Crippen LogP contribution is -2.19. The monoisotopic (exact) mass is 383 g/mol. The second-order valence-electron chi connectivity index (χ2n) is 6.54. The van der Waals surface area contributed by atoms with Gasteiger partial charge in [0.1, 0.15) is 11.3 Å². The highest BCUT2D eigenvalue weighted by molar-refractivity contribution is 7.80. The van der Waals surface area contributed by atoms with Gasteiger partial charge in [-0.3, -0.25) is 4.55 Å². The van der Waals surface area contributed by atoms with Gasteiger partial charge in [-0.2, -0.15) is 8.42 Å². The Hall–Kier alpha value is -1.64. The number of aromatic nitrogens is 2.